The maximum Gasteiger partial charge on any atom is 0.127 e. The Morgan fingerprint density at radius 3 is 3.11 bits per heavy atom. The number of rotatable bonds is 4. The third-order valence-corrected chi connectivity index (χ3v) is 4.19. The molecule has 0 saturated carbocycles. The topological polar surface area (TPSA) is 30.5 Å². The molecule has 3 heteroatoms. The highest BCUT2D eigenvalue weighted by molar-refractivity contribution is 5.43. The van der Waals surface area contributed by atoms with Crippen LogP contribution < -0.4 is 14.8 Å². The maximum absolute atomic E-state index is 6.28. The van der Waals surface area contributed by atoms with Gasteiger partial charge >= 0.3 is 0 Å². The van der Waals surface area contributed by atoms with E-state index >= 15 is 0 Å². The van der Waals surface area contributed by atoms with Crippen LogP contribution in [-0.4, -0.2) is 25.3 Å². The molecule has 0 aromatic heterocycles. The summed E-state index contributed by atoms with van der Waals surface area (Å²) in [6.07, 6.45) is 5.63. The van der Waals surface area contributed by atoms with Crippen molar-refractivity contribution >= 4 is 0 Å². The zero-order valence-electron chi connectivity index (χ0n) is 11.7. The molecule has 1 atom stereocenters. The van der Waals surface area contributed by atoms with Crippen molar-refractivity contribution in [3.05, 3.63) is 23.8 Å². The quantitative estimate of drug-likeness (QED) is 0.845. The number of hydrogen-bond donors (Lipinski definition) is 1. The Bertz CT molecular complexity index is 438. The van der Waals surface area contributed by atoms with Gasteiger partial charge in [-0.1, -0.05) is 19.4 Å². The Balaban J connectivity index is 1.72. The van der Waals surface area contributed by atoms with Crippen molar-refractivity contribution in [2.45, 2.75) is 44.6 Å². The maximum atomic E-state index is 6.28. The molecule has 1 N–H and O–H groups in total. The summed E-state index contributed by atoms with van der Waals surface area (Å²) >= 11 is 0. The predicted octanol–water partition coefficient (Wildman–Crippen LogP) is 2.92. The molecule has 0 amide bonds. The van der Waals surface area contributed by atoms with Crippen LogP contribution in [0.1, 0.15) is 38.2 Å². The molecule has 0 radical (unpaired) electrons. The smallest absolute Gasteiger partial charge is 0.127 e. The first-order valence-electron chi connectivity index (χ1n) is 7.47. The van der Waals surface area contributed by atoms with E-state index < -0.39 is 0 Å². The van der Waals surface area contributed by atoms with Crippen molar-refractivity contribution in [3.63, 3.8) is 0 Å². The van der Waals surface area contributed by atoms with E-state index in [0.29, 0.717) is 0 Å². The lowest BCUT2D eigenvalue weighted by molar-refractivity contribution is 0.0660. The van der Waals surface area contributed by atoms with E-state index in [0.717, 1.165) is 63.3 Å². The third kappa shape index (κ3) is 2.71. The van der Waals surface area contributed by atoms with Gasteiger partial charge in [0.1, 0.15) is 17.1 Å². The monoisotopic (exact) mass is 261 g/mol. The highest BCUT2D eigenvalue weighted by atomic mass is 16.5. The van der Waals surface area contributed by atoms with E-state index in [2.05, 4.69) is 30.4 Å². The molecule has 0 bridgehead atoms. The standard InChI is InChI=1S/C16H23NO2/c1-2-3-10-18-14-5-4-13-6-7-16(8-9-17-12-16)19-15(13)11-14/h4-5,11,17H,2-3,6-10,12H2,1H3. The van der Waals surface area contributed by atoms with Gasteiger partial charge < -0.3 is 14.8 Å². The first-order valence-corrected chi connectivity index (χ1v) is 7.47. The Morgan fingerprint density at radius 1 is 1.37 bits per heavy atom. The summed E-state index contributed by atoms with van der Waals surface area (Å²) in [5, 5.41) is 3.41. The third-order valence-electron chi connectivity index (χ3n) is 4.19. The fourth-order valence-electron chi connectivity index (χ4n) is 2.93. The van der Waals surface area contributed by atoms with E-state index in [1.54, 1.807) is 0 Å². The van der Waals surface area contributed by atoms with Crippen molar-refractivity contribution in [3.8, 4) is 11.5 Å². The Hall–Kier alpha value is -1.22. The molecular formula is C16H23NO2. The second-order valence-electron chi connectivity index (χ2n) is 5.68. The van der Waals surface area contributed by atoms with Gasteiger partial charge in [-0.2, -0.15) is 0 Å². The zero-order valence-corrected chi connectivity index (χ0v) is 11.7. The van der Waals surface area contributed by atoms with E-state index in [1.165, 1.54) is 5.56 Å². The zero-order chi connectivity index (χ0) is 13.1. The second kappa shape index (κ2) is 5.41. The summed E-state index contributed by atoms with van der Waals surface area (Å²) < 4.78 is 12.1. The summed E-state index contributed by atoms with van der Waals surface area (Å²) in [6, 6.07) is 6.30. The molecule has 1 spiro atoms. The van der Waals surface area contributed by atoms with E-state index in [1.807, 2.05) is 0 Å². The number of fused-ring (bicyclic) bond motifs is 1. The number of ether oxygens (including phenoxy) is 2. The van der Waals surface area contributed by atoms with Crippen LogP contribution in [0.5, 0.6) is 11.5 Å². The summed E-state index contributed by atoms with van der Waals surface area (Å²) in [5.74, 6) is 1.97. The van der Waals surface area contributed by atoms with E-state index in [9.17, 15) is 0 Å². The van der Waals surface area contributed by atoms with Crippen LogP contribution in [0.3, 0.4) is 0 Å². The minimum atomic E-state index is 0.0367. The highest BCUT2D eigenvalue weighted by Gasteiger charge is 2.39. The Kier molecular flexibility index (Phi) is 3.65. The number of benzene rings is 1. The first-order chi connectivity index (χ1) is 9.31. The minimum Gasteiger partial charge on any atom is -0.493 e. The van der Waals surface area contributed by atoms with Crippen molar-refractivity contribution in [2.24, 2.45) is 0 Å². The molecule has 0 aliphatic carbocycles. The Labute approximate surface area is 115 Å². The number of unbranched alkanes of at least 4 members (excludes halogenated alkanes) is 1. The summed E-state index contributed by atoms with van der Waals surface area (Å²) in [7, 11) is 0. The van der Waals surface area contributed by atoms with Crippen molar-refractivity contribution < 1.29 is 9.47 Å². The average molecular weight is 261 g/mol. The van der Waals surface area contributed by atoms with Gasteiger partial charge in [0, 0.05) is 19.0 Å². The molecule has 2 aliphatic rings. The lowest BCUT2D eigenvalue weighted by Gasteiger charge is -2.35. The fraction of sp³-hybridized carbons (Fsp3) is 0.625. The van der Waals surface area contributed by atoms with Crippen LogP contribution in [0.4, 0.5) is 0 Å². The van der Waals surface area contributed by atoms with Gasteiger partial charge in [-0.05, 0) is 37.4 Å². The van der Waals surface area contributed by atoms with Crippen LogP contribution in [0.2, 0.25) is 0 Å². The molecule has 2 heterocycles. The largest absolute Gasteiger partial charge is 0.493 e. The van der Waals surface area contributed by atoms with Crippen LogP contribution in [0.15, 0.2) is 18.2 Å². The summed E-state index contributed by atoms with van der Waals surface area (Å²) in [5.41, 5.74) is 1.36. The van der Waals surface area contributed by atoms with Gasteiger partial charge in [-0.15, -0.1) is 0 Å². The van der Waals surface area contributed by atoms with Crippen LogP contribution in [0.25, 0.3) is 0 Å². The second-order valence-corrected chi connectivity index (χ2v) is 5.68. The minimum absolute atomic E-state index is 0.0367. The Morgan fingerprint density at radius 2 is 2.32 bits per heavy atom. The average Bonchev–Trinajstić information content (AvgIpc) is 2.87. The number of hydrogen-bond acceptors (Lipinski definition) is 3. The molecule has 1 aromatic rings. The van der Waals surface area contributed by atoms with E-state index in [4.69, 9.17) is 9.47 Å². The molecular weight excluding hydrogens is 238 g/mol. The normalized spacial score (nSPS) is 25.1. The van der Waals surface area contributed by atoms with Gasteiger partial charge in [0.05, 0.1) is 6.61 Å². The van der Waals surface area contributed by atoms with Crippen LogP contribution >= 0.6 is 0 Å². The molecule has 1 aromatic carbocycles. The van der Waals surface area contributed by atoms with E-state index in [-0.39, 0.29) is 5.60 Å². The molecule has 3 rings (SSSR count). The first kappa shape index (κ1) is 12.8. The van der Waals surface area contributed by atoms with Gasteiger partial charge in [-0.25, -0.2) is 0 Å². The van der Waals surface area contributed by atoms with Crippen molar-refractivity contribution in [1.82, 2.24) is 5.32 Å². The molecule has 1 fully saturated rings. The fourth-order valence-corrected chi connectivity index (χ4v) is 2.93. The molecule has 2 aliphatic heterocycles. The van der Waals surface area contributed by atoms with Gasteiger partial charge in [0.25, 0.3) is 0 Å². The van der Waals surface area contributed by atoms with Gasteiger partial charge in [0.2, 0.25) is 0 Å². The SMILES string of the molecule is CCCCOc1ccc2c(c1)OC1(CCNC1)CC2. The molecule has 19 heavy (non-hydrogen) atoms. The van der Waals surface area contributed by atoms with Gasteiger partial charge in [0.15, 0.2) is 0 Å². The molecule has 3 nitrogen and oxygen atoms in total. The molecule has 1 unspecified atom stereocenters. The lowest BCUT2D eigenvalue weighted by Crippen LogP contribution is -2.41. The van der Waals surface area contributed by atoms with Crippen LogP contribution in [0, 0.1) is 0 Å². The van der Waals surface area contributed by atoms with Gasteiger partial charge in [-0.3, -0.25) is 0 Å². The van der Waals surface area contributed by atoms with Crippen molar-refractivity contribution in [2.75, 3.05) is 19.7 Å². The lowest BCUT2D eigenvalue weighted by atomic mass is 9.90. The number of aryl methyl sites for hydroxylation is 1. The predicted molar refractivity (Wildman–Crippen MR) is 76.0 cm³/mol. The highest BCUT2D eigenvalue weighted by Crippen LogP contribution is 2.38. The van der Waals surface area contributed by atoms with Crippen LogP contribution in [-0.2, 0) is 6.42 Å². The number of nitrogens with one attached hydrogen (secondary N) is 1. The molecule has 104 valence electrons. The molecule has 1 saturated heterocycles. The van der Waals surface area contributed by atoms with Crippen molar-refractivity contribution in [1.29, 1.82) is 0 Å². The summed E-state index contributed by atoms with van der Waals surface area (Å²) in [4.78, 5) is 0. The summed E-state index contributed by atoms with van der Waals surface area (Å²) in [6.45, 7) is 5.02.